The summed E-state index contributed by atoms with van der Waals surface area (Å²) in [4.78, 5) is 24.1. The molecule has 0 spiro atoms. The highest BCUT2D eigenvalue weighted by Gasteiger charge is 2.16. The number of carbonyl (C=O) groups excluding carboxylic acids is 2. The van der Waals surface area contributed by atoms with Crippen LogP contribution in [0.2, 0.25) is 0 Å². The Morgan fingerprint density at radius 2 is 1.79 bits per heavy atom. The summed E-state index contributed by atoms with van der Waals surface area (Å²) in [6.45, 7) is 0.254. The molecule has 0 aliphatic rings. The van der Waals surface area contributed by atoms with Crippen molar-refractivity contribution in [3.8, 4) is 22.7 Å². The number of methoxy groups -OCH3 is 1. The Balaban J connectivity index is 1.96. The zero-order valence-corrected chi connectivity index (χ0v) is 16.1. The third-order valence-electron chi connectivity index (χ3n) is 4.32. The third-order valence-corrected chi connectivity index (χ3v) is 4.32. The van der Waals surface area contributed by atoms with E-state index in [1.54, 1.807) is 18.8 Å². The molecule has 0 aliphatic carbocycles. The molecule has 3 rings (SSSR count). The predicted molar refractivity (Wildman–Crippen MR) is 106 cm³/mol. The van der Waals surface area contributed by atoms with E-state index in [0.717, 1.165) is 40.4 Å². The van der Waals surface area contributed by atoms with Gasteiger partial charge in [-0.2, -0.15) is 5.10 Å². The van der Waals surface area contributed by atoms with Gasteiger partial charge in [0, 0.05) is 37.0 Å². The first kappa shape index (κ1) is 19.9. The summed E-state index contributed by atoms with van der Waals surface area (Å²) in [6, 6.07) is 17.1. The van der Waals surface area contributed by atoms with Gasteiger partial charge < -0.3 is 19.5 Å². The lowest BCUT2D eigenvalue weighted by molar-refractivity contribution is -0.297. The quantitative estimate of drug-likeness (QED) is 0.574. The Hall–Kier alpha value is -3.87. The summed E-state index contributed by atoms with van der Waals surface area (Å²) in [7, 11) is 3.20. The summed E-state index contributed by atoms with van der Waals surface area (Å²) < 4.78 is 6.97. The molecule has 0 saturated heterocycles. The van der Waals surface area contributed by atoms with Crippen molar-refractivity contribution in [2.75, 3.05) is 14.2 Å². The second-order valence-electron chi connectivity index (χ2n) is 6.36. The summed E-state index contributed by atoms with van der Waals surface area (Å²) in [5.74, 6) is -1.12. The standard InChI is InChI=1S/C22H21N3O4/c1-24(20(26)12-13-21(27)28)14-17-15-25(18-6-4-3-5-7-18)23-22(17)16-8-10-19(29-2)11-9-16/h3-13,15H,14H2,1-2H3,(H,27,28)/p-1/b13-12+. The van der Waals surface area contributed by atoms with Crippen molar-refractivity contribution >= 4 is 11.9 Å². The number of aromatic nitrogens is 2. The van der Waals surface area contributed by atoms with Crippen LogP contribution in [0.1, 0.15) is 5.56 Å². The minimum Gasteiger partial charge on any atom is -0.545 e. The number of carboxylic acids is 1. The van der Waals surface area contributed by atoms with E-state index in [0.29, 0.717) is 0 Å². The van der Waals surface area contributed by atoms with E-state index in [1.807, 2.05) is 60.8 Å². The van der Waals surface area contributed by atoms with E-state index in [1.165, 1.54) is 4.90 Å². The average molecular weight is 390 g/mol. The van der Waals surface area contributed by atoms with Crippen molar-refractivity contribution in [1.82, 2.24) is 14.7 Å². The van der Waals surface area contributed by atoms with Gasteiger partial charge in [-0.3, -0.25) is 4.79 Å². The number of para-hydroxylation sites is 1. The molecule has 7 nitrogen and oxygen atoms in total. The van der Waals surface area contributed by atoms with E-state index in [9.17, 15) is 14.7 Å². The lowest BCUT2D eigenvalue weighted by Crippen LogP contribution is -2.26. The Morgan fingerprint density at radius 1 is 1.10 bits per heavy atom. The fourth-order valence-electron chi connectivity index (χ4n) is 2.83. The Labute approximate surface area is 168 Å². The van der Waals surface area contributed by atoms with Crippen molar-refractivity contribution in [1.29, 1.82) is 0 Å². The molecule has 1 heterocycles. The van der Waals surface area contributed by atoms with Gasteiger partial charge in [-0.05, 0) is 42.5 Å². The van der Waals surface area contributed by atoms with Gasteiger partial charge in [0.2, 0.25) is 5.91 Å². The number of nitrogens with zero attached hydrogens (tertiary/aromatic N) is 3. The minimum atomic E-state index is -1.41. The summed E-state index contributed by atoms with van der Waals surface area (Å²) in [5.41, 5.74) is 3.30. The number of hydrogen-bond donors (Lipinski definition) is 0. The molecule has 0 aliphatic heterocycles. The van der Waals surface area contributed by atoms with Gasteiger partial charge in [-0.15, -0.1) is 0 Å². The summed E-state index contributed by atoms with van der Waals surface area (Å²) >= 11 is 0. The zero-order chi connectivity index (χ0) is 20.8. The average Bonchev–Trinajstić information content (AvgIpc) is 3.16. The molecule has 148 valence electrons. The highest BCUT2D eigenvalue weighted by molar-refractivity contribution is 5.93. The predicted octanol–water partition coefficient (Wildman–Crippen LogP) is 1.81. The first-order valence-electron chi connectivity index (χ1n) is 8.90. The second-order valence-corrected chi connectivity index (χ2v) is 6.36. The maximum atomic E-state index is 12.2. The Bertz CT molecular complexity index is 1020. The van der Waals surface area contributed by atoms with Gasteiger partial charge in [0.25, 0.3) is 0 Å². The molecule has 0 fully saturated rings. The topological polar surface area (TPSA) is 87.5 Å². The minimum absolute atomic E-state index is 0.254. The molecular formula is C22H20N3O4-. The normalized spacial score (nSPS) is 10.8. The van der Waals surface area contributed by atoms with Crippen LogP contribution in [0.4, 0.5) is 0 Å². The maximum absolute atomic E-state index is 12.2. The number of amides is 1. The molecule has 1 aromatic heterocycles. The van der Waals surface area contributed by atoms with Crippen molar-refractivity contribution < 1.29 is 19.4 Å². The van der Waals surface area contributed by atoms with Gasteiger partial charge >= 0.3 is 0 Å². The second kappa shape index (κ2) is 8.88. The molecule has 0 N–H and O–H groups in total. The molecule has 0 unspecified atom stereocenters. The van der Waals surface area contributed by atoms with Gasteiger partial charge in [0.15, 0.2) is 0 Å². The molecule has 7 heteroatoms. The fraction of sp³-hybridized carbons (Fsp3) is 0.136. The van der Waals surface area contributed by atoms with Crippen LogP contribution in [0.15, 0.2) is 72.9 Å². The highest BCUT2D eigenvalue weighted by atomic mass is 16.5. The van der Waals surface area contributed by atoms with Crippen LogP contribution in [-0.4, -0.2) is 40.7 Å². The number of hydrogen-bond acceptors (Lipinski definition) is 5. The maximum Gasteiger partial charge on any atom is 0.246 e. The molecular weight excluding hydrogens is 370 g/mol. The molecule has 1 amide bonds. The Morgan fingerprint density at radius 3 is 2.41 bits per heavy atom. The summed E-state index contributed by atoms with van der Waals surface area (Å²) in [5, 5.41) is 15.3. The summed E-state index contributed by atoms with van der Waals surface area (Å²) in [6.07, 6.45) is 3.56. The van der Waals surface area contributed by atoms with E-state index in [2.05, 4.69) is 0 Å². The lowest BCUT2D eigenvalue weighted by atomic mass is 10.1. The van der Waals surface area contributed by atoms with Crippen LogP contribution in [0.5, 0.6) is 5.75 Å². The third kappa shape index (κ3) is 4.90. The highest BCUT2D eigenvalue weighted by Crippen LogP contribution is 2.26. The van der Waals surface area contributed by atoms with Crippen LogP contribution in [0.3, 0.4) is 0 Å². The van der Waals surface area contributed by atoms with Crippen LogP contribution in [0.25, 0.3) is 16.9 Å². The van der Waals surface area contributed by atoms with Gasteiger partial charge in [0.1, 0.15) is 5.75 Å². The Kier molecular flexibility index (Phi) is 6.09. The molecule has 0 saturated carbocycles. The van der Waals surface area contributed by atoms with Crippen molar-refractivity contribution in [2.45, 2.75) is 6.54 Å². The molecule has 29 heavy (non-hydrogen) atoms. The molecule has 3 aromatic rings. The monoisotopic (exact) mass is 390 g/mol. The number of carboxylic acid groups (broad SMARTS) is 1. The van der Waals surface area contributed by atoms with Gasteiger partial charge in [-0.25, -0.2) is 4.68 Å². The number of benzene rings is 2. The first-order valence-corrected chi connectivity index (χ1v) is 8.90. The lowest BCUT2D eigenvalue weighted by Gasteiger charge is -2.15. The smallest absolute Gasteiger partial charge is 0.246 e. The van der Waals surface area contributed by atoms with Crippen LogP contribution in [-0.2, 0) is 16.1 Å². The number of carbonyl (C=O) groups is 2. The van der Waals surface area contributed by atoms with E-state index in [-0.39, 0.29) is 6.54 Å². The van der Waals surface area contributed by atoms with Crippen LogP contribution >= 0.6 is 0 Å². The molecule has 0 bridgehead atoms. The van der Waals surface area contributed by atoms with E-state index >= 15 is 0 Å². The van der Waals surface area contributed by atoms with E-state index in [4.69, 9.17) is 9.84 Å². The van der Waals surface area contributed by atoms with Gasteiger partial charge in [-0.1, -0.05) is 18.2 Å². The number of aliphatic carboxylic acids is 1. The SMILES string of the molecule is COc1ccc(-c2nn(-c3ccccc3)cc2CN(C)C(=O)/C=C/C(=O)[O-])cc1. The largest absolute Gasteiger partial charge is 0.545 e. The molecule has 0 atom stereocenters. The van der Waals surface area contributed by atoms with Crippen molar-refractivity contribution in [3.63, 3.8) is 0 Å². The zero-order valence-electron chi connectivity index (χ0n) is 16.1. The van der Waals surface area contributed by atoms with Gasteiger partial charge in [0.05, 0.1) is 24.5 Å². The van der Waals surface area contributed by atoms with Crippen molar-refractivity contribution in [3.05, 3.63) is 78.5 Å². The van der Waals surface area contributed by atoms with Crippen molar-refractivity contribution in [2.24, 2.45) is 0 Å². The fourth-order valence-corrected chi connectivity index (χ4v) is 2.83. The first-order chi connectivity index (χ1) is 14.0. The number of rotatable bonds is 7. The molecule has 0 radical (unpaired) electrons. The number of likely N-dealkylation sites (N-methyl/N-ethyl adjacent to an activating group) is 1. The van der Waals surface area contributed by atoms with Crippen LogP contribution < -0.4 is 9.84 Å². The van der Waals surface area contributed by atoms with Crippen LogP contribution in [0, 0.1) is 0 Å². The number of ether oxygens (including phenoxy) is 1. The molecule has 2 aromatic carbocycles. The van der Waals surface area contributed by atoms with E-state index < -0.39 is 11.9 Å².